The predicted octanol–water partition coefficient (Wildman–Crippen LogP) is 0.625. The Hall–Kier alpha value is -3.32. The van der Waals surface area contributed by atoms with Gasteiger partial charge in [-0.2, -0.15) is 16.8 Å². The molecule has 30 heavy (non-hydrogen) atoms. The van der Waals surface area contributed by atoms with Crippen molar-refractivity contribution in [3.8, 4) is 22.5 Å². The molecule has 0 fully saturated rings. The molecule has 2 aromatic carbocycles. The first kappa shape index (κ1) is 20.0. The van der Waals surface area contributed by atoms with Gasteiger partial charge in [0, 0.05) is 11.1 Å². The summed E-state index contributed by atoms with van der Waals surface area (Å²) in [4.78, 5) is 32.0. The van der Waals surface area contributed by atoms with E-state index in [0.29, 0.717) is 0 Å². The first-order valence-electron chi connectivity index (χ1n) is 8.14. The van der Waals surface area contributed by atoms with Gasteiger partial charge in [0.2, 0.25) is 0 Å². The van der Waals surface area contributed by atoms with Gasteiger partial charge in [-0.05, 0) is 24.3 Å². The van der Waals surface area contributed by atoms with Crippen molar-refractivity contribution in [2.45, 2.75) is 9.79 Å². The fourth-order valence-electron chi connectivity index (χ4n) is 3.07. The van der Waals surface area contributed by atoms with Gasteiger partial charge in [-0.1, -0.05) is 24.3 Å². The van der Waals surface area contributed by atoms with Crippen LogP contribution in [0.1, 0.15) is 0 Å². The number of hydrogen-bond donors (Lipinski definition) is 2. The molecule has 0 bridgehead atoms. The second kappa shape index (κ2) is 6.60. The van der Waals surface area contributed by atoms with Gasteiger partial charge in [0.05, 0.1) is 31.6 Å². The molecule has 12 heteroatoms. The summed E-state index contributed by atoms with van der Waals surface area (Å²) in [6, 6.07) is 9.57. The molecule has 0 aromatic heterocycles. The maximum absolute atomic E-state index is 12.5. The lowest BCUT2D eigenvalue weighted by Gasteiger charge is -1.99. The average molecular weight is 446 g/mol. The van der Waals surface area contributed by atoms with Gasteiger partial charge in [0.1, 0.15) is 0 Å². The lowest BCUT2D eigenvalue weighted by molar-refractivity contribution is 0.481. The van der Waals surface area contributed by atoms with E-state index in [0.717, 1.165) is 24.3 Å². The molecule has 2 aromatic rings. The molecule has 0 saturated carbocycles. The molecule has 0 saturated heterocycles. The van der Waals surface area contributed by atoms with Crippen molar-refractivity contribution in [1.29, 1.82) is 0 Å². The lowest BCUT2D eigenvalue weighted by atomic mass is 10.1. The summed E-state index contributed by atoms with van der Waals surface area (Å²) in [5.41, 5.74) is -0.908. The topological polar surface area (TPSA) is 169 Å². The Morgan fingerprint density at radius 2 is 0.867 bits per heavy atom. The van der Waals surface area contributed by atoms with Gasteiger partial charge in [-0.25, -0.2) is 9.97 Å². The second-order valence-electron chi connectivity index (χ2n) is 6.28. The van der Waals surface area contributed by atoms with E-state index in [9.17, 15) is 26.4 Å². The van der Waals surface area contributed by atoms with Crippen LogP contribution in [0.2, 0.25) is 0 Å². The van der Waals surface area contributed by atoms with Crippen LogP contribution in [0.4, 0.5) is 0 Å². The molecule has 0 spiro atoms. The Kier molecular flexibility index (Phi) is 4.39. The molecule has 10 nitrogen and oxygen atoms in total. The molecule has 4 rings (SSSR count). The Balaban J connectivity index is 1.91. The normalized spacial score (nSPS) is 12.5. The number of nitrogens with zero attached hydrogens (tertiary/aromatic N) is 2. The highest BCUT2D eigenvalue weighted by Crippen LogP contribution is 2.24. The van der Waals surface area contributed by atoms with Gasteiger partial charge in [-0.15, -0.1) is 0 Å². The smallest absolute Gasteiger partial charge is 0.282 e. The predicted molar refractivity (Wildman–Crippen MR) is 103 cm³/mol. The summed E-state index contributed by atoms with van der Waals surface area (Å²) < 4.78 is 62.8. The Bertz CT molecular complexity index is 1520. The molecule has 0 radical (unpaired) electrons. The largest absolute Gasteiger partial charge is 0.294 e. The van der Waals surface area contributed by atoms with Crippen LogP contribution in [0.3, 0.4) is 0 Å². The summed E-state index contributed by atoms with van der Waals surface area (Å²) in [7, 11) is -8.82. The zero-order valence-electron chi connectivity index (χ0n) is 14.7. The van der Waals surface area contributed by atoms with E-state index in [4.69, 9.17) is 9.11 Å². The SMILES string of the molecule is O=c1nc(-c2ccc(S(=O)(=O)O)cc2)c2c(=O)nc(-c3ccc(S(=O)(=O)O)cc3)c1=2. The maximum Gasteiger partial charge on any atom is 0.294 e. The van der Waals surface area contributed by atoms with Gasteiger partial charge in [0.25, 0.3) is 31.4 Å². The lowest BCUT2D eigenvalue weighted by Crippen LogP contribution is -2.05. The van der Waals surface area contributed by atoms with Crippen LogP contribution in [0.15, 0.2) is 67.9 Å². The molecule has 2 heterocycles. The minimum Gasteiger partial charge on any atom is -0.282 e. The summed E-state index contributed by atoms with van der Waals surface area (Å²) in [6.45, 7) is 0. The van der Waals surface area contributed by atoms with Crippen molar-refractivity contribution in [1.82, 2.24) is 9.97 Å². The fourth-order valence-corrected chi connectivity index (χ4v) is 4.03. The zero-order chi connectivity index (χ0) is 21.8. The van der Waals surface area contributed by atoms with Crippen LogP contribution in [0, 0.1) is 10.4 Å². The van der Waals surface area contributed by atoms with Crippen LogP contribution in [-0.4, -0.2) is 35.9 Å². The van der Waals surface area contributed by atoms with Crippen LogP contribution in [0.5, 0.6) is 0 Å². The van der Waals surface area contributed by atoms with Crippen molar-refractivity contribution in [2.24, 2.45) is 0 Å². The number of rotatable bonds is 4. The second-order valence-corrected chi connectivity index (χ2v) is 9.12. The van der Waals surface area contributed by atoms with Gasteiger partial charge < -0.3 is 0 Å². The van der Waals surface area contributed by atoms with Crippen LogP contribution in [0.25, 0.3) is 22.5 Å². The minimum atomic E-state index is -4.41. The van der Waals surface area contributed by atoms with Gasteiger partial charge >= 0.3 is 0 Å². The van der Waals surface area contributed by atoms with E-state index in [1.807, 2.05) is 0 Å². The Morgan fingerprint density at radius 1 is 0.567 bits per heavy atom. The highest BCUT2D eigenvalue weighted by molar-refractivity contribution is 7.86. The van der Waals surface area contributed by atoms with Crippen molar-refractivity contribution in [3.63, 3.8) is 0 Å². The van der Waals surface area contributed by atoms with Crippen LogP contribution in [-0.2, 0) is 20.2 Å². The molecule has 0 atom stereocenters. The van der Waals surface area contributed by atoms with E-state index < -0.39 is 31.4 Å². The van der Waals surface area contributed by atoms with Crippen molar-refractivity contribution >= 4 is 20.2 Å². The van der Waals surface area contributed by atoms with E-state index in [1.165, 1.54) is 24.3 Å². The molecule has 0 amide bonds. The fraction of sp³-hybridized carbons (Fsp3) is 0. The first-order valence-corrected chi connectivity index (χ1v) is 11.0. The monoisotopic (exact) mass is 446 g/mol. The quantitative estimate of drug-likeness (QED) is 0.424. The summed E-state index contributed by atoms with van der Waals surface area (Å²) in [6.07, 6.45) is 0. The summed E-state index contributed by atoms with van der Waals surface area (Å²) >= 11 is 0. The standard InChI is InChI=1S/C18H10N2O8S2/c21-17-13-14(16(20-17)10-3-7-12(8-4-10)30(26,27)28)18(22)19-15(13)9-1-5-11(6-2-9)29(23,24)25/h1-8H,(H,23,24,25)(H,26,27,28). The molecule has 2 aliphatic rings. The minimum absolute atomic E-state index is 0.00944. The molecule has 0 unspecified atom stereocenters. The molecule has 2 N–H and O–H groups in total. The van der Waals surface area contributed by atoms with E-state index in [2.05, 4.69) is 9.97 Å². The number of hydrogen-bond acceptors (Lipinski definition) is 8. The third-order valence-electron chi connectivity index (χ3n) is 4.43. The first-order chi connectivity index (χ1) is 14.0. The van der Waals surface area contributed by atoms with Crippen molar-refractivity contribution in [2.75, 3.05) is 0 Å². The van der Waals surface area contributed by atoms with Crippen molar-refractivity contribution in [3.05, 3.63) is 79.7 Å². The zero-order valence-corrected chi connectivity index (χ0v) is 16.3. The van der Waals surface area contributed by atoms with Crippen LogP contribution >= 0.6 is 0 Å². The van der Waals surface area contributed by atoms with Gasteiger partial charge in [0.15, 0.2) is 0 Å². The average Bonchev–Trinajstić information content (AvgIpc) is 3.19. The van der Waals surface area contributed by atoms with Crippen LogP contribution < -0.4 is 11.1 Å². The van der Waals surface area contributed by atoms with Gasteiger partial charge in [-0.3, -0.25) is 18.7 Å². The Labute approximate surface area is 168 Å². The third kappa shape index (κ3) is 3.31. The van der Waals surface area contributed by atoms with E-state index >= 15 is 0 Å². The molecule has 0 aliphatic carbocycles. The summed E-state index contributed by atoms with van der Waals surface area (Å²) in [5, 5.41) is -0.123. The highest BCUT2D eigenvalue weighted by Gasteiger charge is 2.20. The Morgan fingerprint density at radius 3 is 1.13 bits per heavy atom. The highest BCUT2D eigenvalue weighted by atomic mass is 32.2. The van der Waals surface area contributed by atoms with E-state index in [1.54, 1.807) is 0 Å². The third-order valence-corrected chi connectivity index (χ3v) is 6.17. The van der Waals surface area contributed by atoms with Crippen molar-refractivity contribution < 1.29 is 25.9 Å². The maximum atomic E-state index is 12.5. The van der Waals surface area contributed by atoms with E-state index in [-0.39, 0.29) is 42.7 Å². The molecule has 152 valence electrons. The molecular formula is C18H10N2O8S2. The number of benzene rings is 2. The summed E-state index contributed by atoms with van der Waals surface area (Å²) in [5.74, 6) is 0. The number of aromatic nitrogens is 2. The molecular weight excluding hydrogens is 436 g/mol. The molecule has 2 aliphatic heterocycles.